The number of nitrogens with one attached hydrogen (secondary N) is 3. The lowest BCUT2D eigenvalue weighted by Crippen LogP contribution is -2.34. The zero-order valence-corrected chi connectivity index (χ0v) is 22.3. The van der Waals surface area contributed by atoms with Gasteiger partial charge in [0.2, 0.25) is 0 Å². The number of amides is 2. The lowest BCUT2D eigenvalue weighted by atomic mass is 10.2. The van der Waals surface area contributed by atoms with Crippen LogP contribution < -0.4 is 25.4 Å². The third-order valence-electron chi connectivity index (χ3n) is 5.28. The van der Waals surface area contributed by atoms with Crippen LogP contribution in [0.2, 0.25) is 5.02 Å². The molecule has 3 rings (SSSR count). The topological polar surface area (TPSA) is 88.7 Å². The maximum absolute atomic E-state index is 12.5. The Kier molecular flexibility index (Phi) is 10.7. The van der Waals surface area contributed by atoms with Gasteiger partial charge in [0, 0.05) is 16.9 Å². The second-order valence-electron chi connectivity index (χ2n) is 8.25. The summed E-state index contributed by atoms with van der Waals surface area (Å²) in [5.74, 6) is 0.520. The molecule has 194 valence electrons. The lowest BCUT2D eigenvalue weighted by molar-refractivity contribution is -0.122. The van der Waals surface area contributed by atoms with E-state index in [2.05, 4.69) is 22.9 Å². The van der Waals surface area contributed by atoms with Gasteiger partial charge in [-0.2, -0.15) is 0 Å². The molecule has 0 aliphatic rings. The van der Waals surface area contributed by atoms with E-state index in [1.807, 2.05) is 0 Å². The monoisotopic (exact) mass is 539 g/mol. The number of thiocarbonyl (C=S) groups is 1. The van der Waals surface area contributed by atoms with Gasteiger partial charge in [-0.25, -0.2) is 0 Å². The number of rotatable bonds is 11. The van der Waals surface area contributed by atoms with Crippen LogP contribution in [0, 0.1) is 0 Å². The van der Waals surface area contributed by atoms with Gasteiger partial charge >= 0.3 is 0 Å². The van der Waals surface area contributed by atoms with E-state index in [0.717, 1.165) is 25.0 Å². The number of para-hydroxylation sites is 1. The number of carbonyl (C=O) groups excluding carboxylic acids is 2. The summed E-state index contributed by atoms with van der Waals surface area (Å²) in [7, 11) is 0. The third-order valence-corrected chi connectivity index (χ3v) is 5.80. The summed E-state index contributed by atoms with van der Waals surface area (Å²) in [6, 6.07) is 20.8. The van der Waals surface area contributed by atoms with Crippen LogP contribution in [-0.4, -0.2) is 29.6 Å². The Morgan fingerprint density at radius 2 is 1.57 bits per heavy atom. The Morgan fingerprint density at radius 1 is 0.919 bits per heavy atom. The van der Waals surface area contributed by atoms with Crippen molar-refractivity contribution in [3.8, 4) is 11.5 Å². The second kappa shape index (κ2) is 14.2. The smallest absolute Gasteiger partial charge is 0.265 e. The van der Waals surface area contributed by atoms with E-state index in [4.69, 9.17) is 33.3 Å². The van der Waals surface area contributed by atoms with Crippen molar-refractivity contribution in [2.75, 3.05) is 17.2 Å². The molecule has 37 heavy (non-hydrogen) atoms. The Labute approximate surface area is 227 Å². The van der Waals surface area contributed by atoms with Crippen molar-refractivity contribution in [2.24, 2.45) is 0 Å². The predicted molar refractivity (Wildman–Crippen MR) is 152 cm³/mol. The number of hydrogen-bond donors (Lipinski definition) is 3. The van der Waals surface area contributed by atoms with Gasteiger partial charge in [-0.3, -0.25) is 14.9 Å². The van der Waals surface area contributed by atoms with Crippen molar-refractivity contribution in [3.05, 3.63) is 83.4 Å². The van der Waals surface area contributed by atoms with E-state index < -0.39 is 6.10 Å². The molecule has 3 N–H and O–H groups in total. The van der Waals surface area contributed by atoms with E-state index in [0.29, 0.717) is 34.3 Å². The molecule has 0 aliphatic carbocycles. The molecule has 0 heterocycles. The van der Waals surface area contributed by atoms with Crippen molar-refractivity contribution >= 4 is 52.1 Å². The lowest BCUT2D eigenvalue weighted by Gasteiger charge is -2.16. The molecule has 0 aliphatic heterocycles. The molecule has 3 aromatic rings. The standard InChI is InChI=1S/C28H30ClN3O4S/c1-3-4-7-18-35-23-16-10-20(11-17-23)27(34)32-28(37)31-22-14-12-21(13-15-22)30-26(33)19(2)36-25-9-6-5-8-24(25)29/h5-6,8-17,19H,3-4,7,18H2,1-2H3,(H,30,33)(H2,31,32,34,37). The number of ether oxygens (including phenoxy) is 2. The molecule has 0 saturated carbocycles. The number of unbranched alkanes of at least 4 members (excludes halogenated alkanes) is 2. The maximum Gasteiger partial charge on any atom is 0.265 e. The molecule has 0 fully saturated rings. The summed E-state index contributed by atoms with van der Waals surface area (Å²) in [6.07, 6.45) is 2.52. The van der Waals surface area contributed by atoms with Gasteiger partial charge < -0.3 is 20.1 Å². The summed E-state index contributed by atoms with van der Waals surface area (Å²) < 4.78 is 11.3. The van der Waals surface area contributed by atoms with Gasteiger partial charge in [0.25, 0.3) is 11.8 Å². The van der Waals surface area contributed by atoms with Crippen LogP contribution in [0.1, 0.15) is 43.5 Å². The first-order chi connectivity index (χ1) is 17.9. The fourth-order valence-corrected chi connectivity index (χ4v) is 3.64. The number of halogens is 1. The fourth-order valence-electron chi connectivity index (χ4n) is 3.25. The molecular formula is C28H30ClN3O4S. The van der Waals surface area contributed by atoms with Crippen LogP contribution in [0.3, 0.4) is 0 Å². The zero-order valence-electron chi connectivity index (χ0n) is 20.8. The quantitative estimate of drug-likeness (QED) is 0.192. The molecule has 3 aromatic carbocycles. The minimum absolute atomic E-state index is 0.156. The van der Waals surface area contributed by atoms with Crippen LogP contribution in [0.15, 0.2) is 72.8 Å². The Hall–Kier alpha value is -3.62. The van der Waals surface area contributed by atoms with Crippen molar-refractivity contribution in [3.63, 3.8) is 0 Å². The predicted octanol–water partition coefficient (Wildman–Crippen LogP) is 6.44. The average molecular weight is 540 g/mol. The van der Waals surface area contributed by atoms with E-state index in [9.17, 15) is 9.59 Å². The van der Waals surface area contributed by atoms with Gasteiger partial charge in [-0.1, -0.05) is 43.5 Å². The van der Waals surface area contributed by atoms with E-state index in [-0.39, 0.29) is 16.9 Å². The van der Waals surface area contributed by atoms with Gasteiger partial charge in [0.15, 0.2) is 11.2 Å². The van der Waals surface area contributed by atoms with Crippen LogP contribution in [0.4, 0.5) is 11.4 Å². The first-order valence-electron chi connectivity index (χ1n) is 12.0. The molecule has 0 aromatic heterocycles. The second-order valence-corrected chi connectivity index (χ2v) is 9.06. The number of benzene rings is 3. The molecule has 1 unspecified atom stereocenters. The highest BCUT2D eigenvalue weighted by Gasteiger charge is 2.16. The molecule has 0 saturated heterocycles. The maximum atomic E-state index is 12.5. The largest absolute Gasteiger partial charge is 0.494 e. The number of anilines is 2. The van der Waals surface area contributed by atoms with Crippen molar-refractivity contribution in [1.29, 1.82) is 0 Å². The summed E-state index contributed by atoms with van der Waals surface area (Å²) in [5.41, 5.74) is 1.70. The first kappa shape index (κ1) is 28.0. The minimum atomic E-state index is -0.748. The fraction of sp³-hybridized carbons (Fsp3) is 0.250. The van der Waals surface area contributed by atoms with E-state index in [1.54, 1.807) is 79.7 Å². The Morgan fingerprint density at radius 3 is 2.22 bits per heavy atom. The molecule has 7 nitrogen and oxygen atoms in total. The van der Waals surface area contributed by atoms with Crippen LogP contribution in [0.5, 0.6) is 11.5 Å². The van der Waals surface area contributed by atoms with Gasteiger partial charge in [-0.05, 0) is 86.2 Å². The minimum Gasteiger partial charge on any atom is -0.494 e. The SMILES string of the molecule is CCCCCOc1ccc(C(=O)NC(=S)Nc2ccc(NC(=O)C(C)Oc3ccccc3Cl)cc2)cc1. The zero-order chi connectivity index (χ0) is 26.6. The van der Waals surface area contributed by atoms with E-state index in [1.165, 1.54) is 0 Å². The molecule has 9 heteroatoms. The van der Waals surface area contributed by atoms with E-state index >= 15 is 0 Å². The molecule has 0 spiro atoms. The normalized spacial score (nSPS) is 11.2. The first-order valence-corrected chi connectivity index (χ1v) is 12.8. The molecule has 2 amide bonds. The summed E-state index contributed by atoms with van der Waals surface area (Å²) >= 11 is 11.3. The number of hydrogen-bond acceptors (Lipinski definition) is 5. The highest BCUT2D eigenvalue weighted by molar-refractivity contribution is 7.80. The van der Waals surface area contributed by atoms with Gasteiger partial charge in [-0.15, -0.1) is 0 Å². The molecule has 0 radical (unpaired) electrons. The third kappa shape index (κ3) is 9.08. The van der Waals surface area contributed by atoms with Crippen LogP contribution in [0.25, 0.3) is 0 Å². The highest BCUT2D eigenvalue weighted by atomic mass is 35.5. The number of carbonyl (C=O) groups is 2. The molecule has 0 bridgehead atoms. The average Bonchev–Trinajstić information content (AvgIpc) is 2.89. The van der Waals surface area contributed by atoms with Crippen molar-refractivity contribution in [2.45, 2.75) is 39.2 Å². The van der Waals surface area contributed by atoms with Gasteiger partial charge in [0.05, 0.1) is 11.6 Å². The highest BCUT2D eigenvalue weighted by Crippen LogP contribution is 2.24. The molecule has 1 atom stereocenters. The Bertz CT molecular complexity index is 1200. The van der Waals surface area contributed by atoms with Crippen LogP contribution in [-0.2, 0) is 4.79 Å². The van der Waals surface area contributed by atoms with Gasteiger partial charge in [0.1, 0.15) is 11.5 Å². The summed E-state index contributed by atoms with van der Waals surface area (Å²) in [4.78, 5) is 25.0. The van der Waals surface area contributed by atoms with Crippen molar-refractivity contribution in [1.82, 2.24) is 5.32 Å². The Balaban J connectivity index is 1.45. The van der Waals surface area contributed by atoms with Crippen LogP contribution >= 0.6 is 23.8 Å². The molecular weight excluding hydrogens is 510 g/mol. The van der Waals surface area contributed by atoms with Crippen molar-refractivity contribution < 1.29 is 19.1 Å². The summed E-state index contributed by atoms with van der Waals surface area (Å²) in [5, 5.41) is 9.00. The summed E-state index contributed by atoms with van der Waals surface area (Å²) in [6.45, 7) is 4.44.